The summed E-state index contributed by atoms with van der Waals surface area (Å²) in [6, 6.07) is 29.0. The zero-order valence-corrected chi connectivity index (χ0v) is 18.2. The van der Waals surface area contributed by atoms with Crippen LogP contribution in [-0.4, -0.2) is 5.60 Å². The highest BCUT2D eigenvalue weighted by atomic mass is 31.2. The first kappa shape index (κ1) is 20.9. The van der Waals surface area contributed by atoms with E-state index < -0.39 is 13.3 Å². The molecule has 156 valence electrons. The maximum Gasteiger partial charge on any atom is 0.393 e. The Kier molecular flexibility index (Phi) is 6.22. The summed E-state index contributed by atoms with van der Waals surface area (Å²) in [6.07, 6.45) is 9.82. The molecule has 1 aliphatic carbocycles. The lowest BCUT2D eigenvalue weighted by Gasteiger charge is -2.30. The Morgan fingerprint density at radius 3 is 1.81 bits per heavy atom. The van der Waals surface area contributed by atoms with Crippen LogP contribution in [0.25, 0.3) is 5.57 Å². The van der Waals surface area contributed by atoms with Gasteiger partial charge in [-0.15, -0.1) is 0 Å². The van der Waals surface area contributed by atoms with Gasteiger partial charge in [0.05, 0.1) is 0 Å². The smallest absolute Gasteiger partial charge is 0.299 e. The largest absolute Gasteiger partial charge is 0.393 e. The van der Waals surface area contributed by atoms with E-state index in [-0.39, 0.29) is 0 Å². The molecule has 5 heteroatoms. The Morgan fingerprint density at radius 1 is 0.742 bits per heavy atom. The Balaban J connectivity index is 1.61. The third-order valence-electron chi connectivity index (χ3n) is 4.83. The molecule has 0 fully saturated rings. The van der Waals surface area contributed by atoms with Crippen LogP contribution in [0.3, 0.4) is 0 Å². The van der Waals surface area contributed by atoms with Gasteiger partial charge in [-0.3, -0.25) is 14.7 Å². The van der Waals surface area contributed by atoms with E-state index >= 15 is 0 Å². The fraction of sp³-hybridized carbons (Fsp3) is 0.0769. The monoisotopic (exact) mass is 428 g/mol. The van der Waals surface area contributed by atoms with Gasteiger partial charge in [-0.1, -0.05) is 85.0 Å². The summed E-state index contributed by atoms with van der Waals surface area (Å²) in [5.41, 5.74) is 2.71. The molecule has 31 heavy (non-hydrogen) atoms. The van der Waals surface area contributed by atoms with E-state index in [2.05, 4.69) is 22.3 Å². The van der Waals surface area contributed by atoms with E-state index in [0.29, 0.717) is 11.4 Å². The van der Waals surface area contributed by atoms with Crippen LogP contribution in [0.1, 0.15) is 12.5 Å². The SMILES string of the molecule is CC1(OP(=O)(Nc2ccccc2)Nc2ccccc2)C=CC=C(c2ccccc2)C=C1. The second kappa shape index (κ2) is 9.22. The van der Waals surface area contributed by atoms with Crippen molar-refractivity contribution >= 4 is 24.6 Å². The van der Waals surface area contributed by atoms with Crippen LogP contribution < -0.4 is 10.2 Å². The second-order valence-electron chi connectivity index (χ2n) is 7.46. The first-order chi connectivity index (χ1) is 15.0. The number of allylic oxidation sites excluding steroid dienone is 4. The Hall–Kier alpha value is -3.33. The number of rotatable bonds is 7. The highest BCUT2D eigenvalue weighted by Gasteiger charge is 2.33. The molecule has 0 amide bonds. The average molecular weight is 428 g/mol. The molecule has 0 heterocycles. The van der Waals surface area contributed by atoms with Crippen LogP contribution in [0.5, 0.6) is 0 Å². The number of hydrogen-bond donors (Lipinski definition) is 2. The molecule has 3 aromatic rings. The van der Waals surface area contributed by atoms with Crippen LogP contribution in [0.4, 0.5) is 11.4 Å². The third kappa shape index (κ3) is 5.64. The van der Waals surface area contributed by atoms with Gasteiger partial charge in [0.2, 0.25) is 0 Å². The van der Waals surface area contributed by atoms with E-state index in [9.17, 15) is 4.57 Å². The van der Waals surface area contributed by atoms with E-state index in [1.54, 1.807) is 0 Å². The lowest BCUT2D eigenvalue weighted by molar-refractivity contribution is 0.200. The number of para-hydroxylation sites is 2. The highest BCUT2D eigenvalue weighted by molar-refractivity contribution is 7.62. The predicted octanol–water partition coefficient (Wildman–Crippen LogP) is 7.30. The first-order valence-electron chi connectivity index (χ1n) is 10.2. The molecular formula is C26H25N2O2P. The molecule has 0 aromatic heterocycles. The second-order valence-corrected chi connectivity index (χ2v) is 9.20. The third-order valence-corrected chi connectivity index (χ3v) is 6.58. The molecule has 3 aromatic carbocycles. The maximum absolute atomic E-state index is 14.0. The van der Waals surface area contributed by atoms with E-state index in [1.165, 1.54) is 0 Å². The summed E-state index contributed by atoms with van der Waals surface area (Å²) >= 11 is 0. The molecule has 0 aliphatic heterocycles. The molecular weight excluding hydrogens is 403 g/mol. The van der Waals surface area contributed by atoms with Gasteiger partial charge in [0, 0.05) is 11.4 Å². The fourth-order valence-corrected chi connectivity index (χ4v) is 5.11. The van der Waals surface area contributed by atoms with Crippen molar-refractivity contribution in [2.75, 3.05) is 10.2 Å². The van der Waals surface area contributed by atoms with Gasteiger partial charge in [-0.05, 0) is 54.5 Å². The quantitative estimate of drug-likeness (QED) is 0.388. The maximum atomic E-state index is 14.0. The van der Waals surface area contributed by atoms with Crippen molar-refractivity contribution in [3.63, 3.8) is 0 Å². The minimum atomic E-state index is -3.53. The first-order valence-corrected chi connectivity index (χ1v) is 11.8. The zero-order chi connectivity index (χ0) is 21.6. The van der Waals surface area contributed by atoms with Crippen LogP contribution in [0, 0.1) is 0 Å². The van der Waals surface area contributed by atoms with Crippen molar-refractivity contribution in [2.24, 2.45) is 0 Å². The van der Waals surface area contributed by atoms with Crippen LogP contribution >= 0.6 is 7.67 Å². The fourth-order valence-electron chi connectivity index (χ4n) is 3.31. The topological polar surface area (TPSA) is 50.4 Å². The number of nitrogens with one attached hydrogen (secondary N) is 2. The lowest BCUT2D eigenvalue weighted by atomic mass is 10.0. The number of anilines is 2. The van der Waals surface area contributed by atoms with Crippen molar-refractivity contribution < 1.29 is 9.09 Å². The minimum Gasteiger partial charge on any atom is -0.299 e. The zero-order valence-electron chi connectivity index (χ0n) is 17.3. The van der Waals surface area contributed by atoms with Gasteiger partial charge in [0.15, 0.2) is 0 Å². The summed E-state index contributed by atoms with van der Waals surface area (Å²) in [4.78, 5) is 0. The van der Waals surface area contributed by atoms with Gasteiger partial charge < -0.3 is 0 Å². The van der Waals surface area contributed by atoms with Gasteiger partial charge >= 0.3 is 7.67 Å². The Labute approximate surface area is 183 Å². The highest BCUT2D eigenvalue weighted by Crippen LogP contribution is 2.51. The van der Waals surface area contributed by atoms with Crippen LogP contribution in [-0.2, 0) is 9.09 Å². The molecule has 1 aliphatic rings. The normalized spacial score (nSPS) is 18.2. The molecule has 1 unspecified atom stereocenters. The summed E-state index contributed by atoms with van der Waals surface area (Å²) in [7, 11) is -3.53. The predicted molar refractivity (Wildman–Crippen MR) is 130 cm³/mol. The van der Waals surface area contributed by atoms with Crippen molar-refractivity contribution in [3.05, 3.63) is 127 Å². The van der Waals surface area contributed by atoms with E-state index in [1.807, 2.05) is 116 Å². The van der Waals surface area contributed by atoms with Crippen molar-refractivity contribution in [1.82, 2.24) is 0 Å². The summed E-state index contributed by atoms with van der Waals surface area (Å²) in [5.74, 6) is 0. The molecule has 1 atom stereocenters. The summed E-state index contributed by atoms with van der Waals surface area (Å²) in [6.45, 7) is 1.90. The van der Waals surface area contributed by atoms with Crippen LogP contribution in [0.2, 0.25) is 0 Å². The molecule has 0 saturated carbocycles. The Bertz CT molecular complexity index is 1100. The van der Waals surface area contributed by atoms with Gasteiger partial charge in [-0.2, -0.15) is 0 Å². The molecule has 0 spiro atoms. The number of hydrogen-bond acceptors (Lipinski definition) is 2. The Morgan fingerprint density at radius 2 is 1.26 bits per heavy atom. The van der Waals surface area contributed by atoms with Crippen molar-refractivity contribution in [2.45, 2.75) is 12.5 Å². The van der Waals surface area contributed by atoms with Crippen molar-refractivity contribution in [1.29, 1.82) is 0 Å². The molecule has 2 N–H and O–H groups in total. The molecule has 4 nitrogen and oxygen atoms in total. The summed E-state index contributed by atoms with van der Waals surface area (Å²) < 4.78 is 20.2. The number of benzene rings is 3. The van der Waals surface area contributed by atoms with E-state index in [0.717, 1.165) is 11.1 Å². The minimum absolute atomic E-state index is 0.711. The molecule has 0 bridgehead atoms. The van der Waals surface area contributed by atoms with E-state index in [4.69, 9.17) is 4.52 Å². The molecule has 4 rings (SSSR count). The van der Waals surface area contributed by atoms with Gasteiger partial charge in [-0.25, -0.2) is 4.57 Å². The van der Waals surface area contributed by atoms with Gasteiger partial charge in [0.25, 0.3) is 0 Å². The lowest BCUT2D eigenvalue weighted by Crippen LogP contribution is -2.25. The molecule has 0 saturated heterocycles. The summed E-state index contributed by atoms with van der Waals surface area (Å²) in [5, 5.41) is 6.15. The van der Waals surface area contributed by atoms with Crippen molar-refractivity contribution in [3.8, 4) is 0 Å². The van der Waals surface area contributed by atoms with Crippen LogP contribution in [0.15, 0.2) is 121 Å². The average Bonchev–Trinajstić information content (AvgIpc) is 2.97. The van der Waals surface area contributed by atoms with Gasteiger partial charge in [0.1, 0.15) is 5.60 Å². The standard InChI is InChI=1S/C26H25N2O2P/c1-26(20-11-14-23(19-21-26)22-12-5-2-6-13-22)30-31(29,27-24-15-7-3-8-16-24)28-25-17-9-4-10-18-25/h2-21H,1H3,(H2,27,28,29). The molecule has 0 radical (unpaired) electrons.